The van der Waals surface area contributed by atoms with Gasteiger partial charge in [0, 0.05) is 13.1 Å². The average Bonchev–Trinajstić information content (AvgIpc) is 2.71. The van der Waals surface area contributed by atoms with Crippen LogP contribution in [0.4, 0.5) is 4.79 Å². The van der Waals surface area contributed by atoms with E-state index in [0.29, 0.717) is 13.0 Å². The van der Waals surface area contributed by atoms with Gasteiger partial charge in [-0.25, -0.2) is 13.2 Å². The smallest absolute Gasteiger partial charge is 0.408 e. The highest BCUT2D eigenvalue weighted by Crippen LogP contribution is 2.29. The van der Waals surface area contributed by atoms with Crippen LogP contribution >= 0.6 is 0 Å². The predicted octanol–water partition coefficient (Wildman–Crippen LogP) is 2.29. The van der Waals surface area contributed by atoms with Gasteiger partial charge >= 0.3 is 6.09 Å². The van der Waals surface area contributed by atoms with E-state index in [4.69, 9.17) is 4.74 Å². The zero-order valence-electron chi connectivity index (χ0n) is 16.3. The van der Waals surface area contributed by atoms with Crippen LogP contribution in [-0.4, -0.2) is 55.8 Å². The molecule has 2 unspecified atom stereocenters. The molecule has 0 bridgehead atoms. The molecule has 27 heavy (non-hydrogen) atoms. The molecule has 1 saturated heterocycles. The van der Waals surface area contributed by atoms with Crippen molar-refractivity contribution in [2.45, 2.75) is 51.0 Å². The number of rotatable bonds is 3. The van der Waals surface area contributed by atoms with Gasteiger partial charge in [0.2, 0.25) is 5.91 Å². The lowest BCUT2D eigenvalue weighted by atomic mass is 10.1. The minimum absolute atomic E-state index is 0.0997. The maximum atomic E-state index is 12.7. The third-order valence-corrected chi connectivity index (χ3v) is 6.45. The van der Waals surface area contributed by atoms with Gasteiger partial charge in [0.15, 0.2) is 9.84 Å². The second-order valence-electron chi connectivity index (χ2n) is 7.75. The van der Waals surface area contributed by atoms with Crippen LogP contribution in [0.15, 0.2) is 30.3 Å². The summed E-state index contributed by atoms with van der Waals surface area (Å²) in [7, 11) is -3.36. The van der Waals surface area contributed by atoms with Crippen LogP contribution in [0.2, 0.25) is 0 Å². The van der Waals surface area contributed by atoms with Crippen LogP contribution in [0.5, 0.6) is 0 Å². The van der Waals surface area contributed by atoms with Crippen molar-refractivity contribution in [1.29, 1.82) is 0 Å². The van der Waals surface area contributed by atoms with Gasteiger partial charge < -0.3 is 15.0 Å². The molecule has 2 atom stereocenters. The molecule has 0 aliphatic carbocycles. The Hall–Kier alpha value is -2.09. The fourth-order valence-electron chi connectivity index (χ4n) is 3.03. The quantitative estimate of drug-likeness (QED) is 0.846. The maximum absolute atomic E-state index is 12.7. The highest BCUT2D eigenvalue weighted by molar-refractivity contribution is 7.91. The van der Waals surface area contributed by atoms with Gasteiger partial charge in [0.25, 0.3) is 0 Å². The summed E-state index contributed by atoms with van der Waals surface area (Å²) in [4.78, 5) is 26.0. The average molecular weight is 397 g/mol. The molecule has 1 aromatic rings. The number of amides is 2. The third-order valence-electron chi connectivity index (χ3n) is 4.33. The SMILES string of the molecule is CC(NC(=O)OC(C)(C)C)C(=O)N1CCC(c2ccccc2)S(=O)(=O)CC1. The highest BCUT2D eigenvalue weighted by Gasteiger charge is 2.34. The normalized spacial score (nSPS) is 21.0. The number of nitrogens with zero attached hydrogens (tertiary/aromatic N) is 1. The first-order valence-electron chi connectivity index (χ1n) is 9.04. The first-order chi connectivity index (χ1) is 12.5. The molecule has 1 fully saturated rings. The number of hydrogen-bond acceptors (Lipinski definition) is 5. The summed E-state index contributed by atoms with van der Waals surface area (Å²) in [6.07, 6.45) is -0.343. The van der Waals surface area contributed by atoms with Gasteiger partial charge in [-0.05, 0) is 39.7 Å². The van der Waals surface area contributed by atoms with Crippen molar-refractivity contribution in [3.63, 3.8) is 0 Å². The molecule has 2 rings (SSSR count). The Labute approximate surface area is 161 Å². The van der Waals surface area contributed by atoms with Crippen molar-refractivity contribution in [3.05, 3.63) is 35.9 Å². The lowest BCUT2D eigenvalue weighted by Gasteiger charge is -2.26. The Kier molecular flexibility index (Phi) is 6.51. The largest absolute Gasteiger partial charge is 0.444 e. The molecule has 0 aromatic heterocycles. The summed E-state index contributed by atoms with van der Waals surface area (Å²) in [5.41, 5.74) is 0.0821. The molecule has 150 valence electrons. The van der Waals surface area contributed by atoms with E-state index in [-0.39, 0.29) is 18.2 Å². The predicted molar refractivity (Wildman–Crippen MR) is 103 cm³/mol. The number of benzene rings is 1. The minimum atomic E-state index is -3.36. The van der Waals surface area contributed by atoms with Crippen molar-refractivity contribution in [2.24, 2.45) is 0 Å². The highest BCUT2D eigenvalue weighted by atomic mass is 32.2. The van der Waals surface area contributed by atoms with Gasteiger partial charge in [-0.3, -0.25) is 4.79 Å². The van der Waals surface area contributed by atoms with E-state index in [0.717, 1.165) is 5.56 Å². The van der Waals surface area contributed by atoms with Crippen molar-refractivity contribution in [2.75, 3.05) is 18.8 Å². The van der Waals surface area contributed by atoms with Crippen molar-refractivity contribution in [1.82, 2.24) is 10.2 Å². The lowest BCUT2D eigenvalue weighted by Crippen LogP contribution is -2.48. The van der Waals surface area contributed by atoms with Gasteiger partial charge in [0.05, 0.1) is 11.0 Å². The Bertz CT molecular complexity index is 771. The monoisotopic (exact) mass is 396 g/mol. The molecule has 2 amide bonds. The van der Waals surface area contributed by atoms with Crippen LogP contribution in [-0.2, 0) is 19.4 Å². The van der Waals surface area contributed by atoms with E-state index in [2.05, 4.69) is 5.32 Å². The number of nitrogens with one attached hydrogen (secondary N) is 1. The zero-order chi connectivity index (χ0) is 20.2. The zero-order valence-corrected chi connectivity index (χ0v) is 17.1. The topological polar surface area (TPSA) is 92.8 Å². The van der Waals surface area contributed by atoms with Gasteiger partial charge in [-0.1, -0.05) is 30.3 Å². The number of carbonyl (C=O) groups is 2. The van der Waals surface area contributed by atoms with Crippen LogP contribution in [0, 0.1) is 0 Å². The van der Waals surface area contributed by atoms with Crippen LogP contribution < -0.4 is 5.32 Å². The van der Waals surface area contributed by atoms with E-state index in [1.54, 1.807) is 39.8 Å². The van der Waals surface area contributed by atoms with E-state index in [9.17, 15) is 18.0 Å². The Morgan fingerprint density at radius 2 is 1.81 bits per heavy atom. The number of carbonyl (C=O) groups excluding carboxylic acids is 2. The molecule has 1 aliphatic heterocycles. The molecular weight excluding hydrogens is 368 g/mol. The molecule has 7 nitrogen and oxygen atoms in total. The first-order valence-corrected chi connectivity index (χ1v) is 10.8. The summed E-state index contributed by atoms with van der Waals surface area (Å²) in [6, 6.07) is 8.26. The molecule has 8 heteroatoms. The molecule has 0 spiro atoms. The summed E-state index contributed by atoms with van der Waals surface area (Å²) in [5.74, 6) is -0.415. The van der Waals surface area contributed by atoms with E-state index in [1.165, 1.54) is 4.90 Å². The molecule has 0 radical (unpaired) electrons. The summed E-state index contributed by atoms with van der Waals surface area (Å²) < 4.78 is 30.5. The van der Waals surface area contributed by atoms with Crippen molar-refractivity contribution < 1.29 is 22.7 Å². The summed E-state index contributed by atoms with van der Waals surface area (Å²) in [6.45, 7) is 7.22. The first kappa shape index (κ1) is 21.2. The molecule has 0 saturated carbocycles. The number of ether oxygens (including phenoxy) is 1. The Balaban J connectivity index is 2.04. The van der Waals surface area contributed by atoms with E-state index < -0.39 is 32.8 Å². The Morgan fingerprint density at radius 3 is 2.41 bits per heavy atom. The van der Waals surface area contributed by atoms with Gasteiger partial charge in [-0.15, -0.1) is 0 Å². The molecule has 1 N–H and O–H groups in total. The molecule has 1 aromatic carbocycles. The Morgan fingerprint density at radius 1 is 1.19 bits per heavy atom. The fraction of sp³-hybridized carbons (Fsp3) is 0.579. The van der Waals surface area contributed by atoms with Crippen molar-refractivity contribution in [3.8, 4) is 0 Å². The summed E-state index contributed by atoms with van der Waals surface area (Å²) in [5, 5.41) is 1.90. The fourth-order valence-corrected chi connectivity index (χ4v) is 4.82. The number of hydrogen-bond donors (Lipinski definition) is 1. The number of sulfone groups is 1. The maximum Gasteiger partial charge on any atom is 0.408 e. The van der Waals surface area contributed by atoms with Crippen molar-refractivity contribution >= 4 is 21.8 Å². The van der Waals surface area contributed by atoms with E-state index in [1.807, 2.05) is 18.2 Å². The lowest BCUT2D eigenvalue weighted by molar-refractivity contribution is -0.132. The second kappa shape index (κ2) is 8.29. The van der Waals surface area contributed by atoms with Crippen LogP contribution in [0.1, 0.15) is 44.9 Å². The molecular formula is C19H28N2O5S. The van der Waals surface area contributed by atoms with Gasteiger partial charge in [-0.2, -0.15) is 0 Å². The summed E-state index contributed by atoms with van der Waals surface area (Å²) >= 11 is 0. The molecule has 1 heterocycles. The minimum Gasteiger partial charge on any atom is -0.444 e. The standard InChI is InChI=1S/C19H28N2O5S/c1-14(20-18(23)26-19(2,3)4)17(22)21-11-10-16(27(24,25)13-12-21)15-8-6-5-7-9-15/h5-9,14,16H,10-13H2,1-4H3,(H,20,23). The third kappa shape index (κ3) is 5.95. The van der Waals surface area contributed by atoms with E-state index >= 15 is 0 Å². The molecule has 1 aliphatic rings. The van der Waals surface area contributed by atoms with Crippen LogP contribution in [0.25, 0.3) is 0 Å². The number of alkyl carbamates (subject to hydrolysis) is 1. The van der Waals surface area contributed by atoms with Gasteiger partial charge in [0.1, 0.15) is 11.6 Å². The second-order valence-corrected chi connectivity index (χ2v) is 10.1. The van der Waals surface area contributed by atoms with Crippen LogP contribution in [0.3, 0.4) is 0 Å².